The Morgan fingerprint density at radius 1 is 1.28 bits per heavy atom. The van der Waals surface area contributed by atoms with Crippen LogP contribution in [0.25, 0.3) is 0 Å². The Balaban J connectivity index is 0.00000289. The normalized spacial score (nSPS) is 21.3. The van der Waals surface area contributed by atoms with E-state index in [1.54, 1.807) is 0 Å². The van der Waals surface area contributed by atoms with E-state index in [4.69, 9.17) is 14.5 Å². The maximum absolute atomic E-state index is 6.03. The van der Waals surface area contributed by atoms with E-state index in [9.17, 15) is 0 Å². The van der Waals surface area contributed by atoms with Crippen molar-refractivity contribution < 1.29 is 9.47 Å². The SMILES string of the molecule is CCNC(=NCC(c1ccc(C)s1)N1CCOCC1)N1CCOC(c2cnn(C)c2)C1.I. The molecule has 2 aliphatic rings. The summed E-state index contributed by atoms with van der Waals surface area (Å²) in [7, 11) is 1.94. The quantitative estimate of drug-likeness (QED) is 0.325. The van der Waals surface area contributed by atoms with Gasteiger partial charge in [0, 0.05) is 54.7 Å². The van der Waals surface area contributed by atoms with E-state index in [0.29, 0.717) is 6.61 Å². The number of guanidine groups is 1. The number of ether oxygens (including phenoxy) is 2. The Kier molecular flexibility index (Phi) is 9.77. The van der Waals surface area contributed by atoms with Crippen LogP contribution in [-0.2, 0) is 16.5 Å². The van der Waals surface area contributed by atoms with Crippen molar-refractivity contribution in [3.8, 4) is 0 Å². The van der Waals surface area contributed by atoms with E-state index in [1.165, 1.54) is 9.75 Å². The van der Waals surface area contributed by atoms with Crippen LogP contribution in [0.4, 0.5) is 0 Å². The molecule has 0 radical (unpaired) electrons. The molecule has 32 heavy (non-hydrogen) atoms. The first-order chi connectivity index (χ1) is 15.1. The van der Waals surface area contributed by atoms with Crippen molar-refractivity contribution in [3.63, 3.8) is 0 Å². The van der Waals surface area contributed by atoms with Crippen molar-refractivity contribution in [2.24, 2.45) is 12.0 Å². The van der Waals surface area contributed by atoms with Gasteiger partial charge in [0.25, 0.3) is 0 Å². The zero-order valence-corrected chi connectivity index (χ0v) is 22.3. The van der Waals surface area contributed by atoms with Crippen molar-refractivity contribution in [1.82, 2.24) is 24.9 Å². The molecule has 2 aromatic rings. The van der Waals surface area contributed by atoms with Crippen LogP contribution in [0.2, 0.25) is 0 Å². The summed E-state index contributed by atoms with van der Waals surface area (Å²) in [5.74, 6) is 0.964. The number of halogens is 1. The average molecular weight is 575 g/mol. The lowest BCUT2D eigenvalue weighted by atomic mass is 10.1. The Hall–Kier alpha value is -1.21. The molecule has 10 heteroatoms. The highest BCUT2D eigenvalue weighted by Gasteiger charge is 2.27. The number of hydrogen-bond donors (Lipinski definition) is 1. The second-order valence-electron chi connectivity index (χ2n) is 8.06. The van der Waals surface area contributed by atoms with Crippen LogP contribution < -0.4 is 5.32 Å². The number of nitrogens with one attached hydrogen (secondary N) is 1. The number of nitrogens with zero attached hydrogens (tertiary/aromatic N) is 5. The molecule has 0 saturated carbocycles. The second-order valence-corrected chi connectivity index (χ2v) is 9.38. The topological polar surface area (TPSA) is 67.2 Å². The fourth-order valence-corrected chi connectivity index (χ4v) is 5.16. The fraction of sp³-hybridized carbons (Fsp3) is 0.636. The monoisotopic (exact) mass is 574 g/mol. The number of thiophene rings is 1. The zero-order chi connectivity index (χ0) is 21.6. The van der Waals surface area contributed by atoms with Gasteiger partial charge in [-0.15, -0.1) is 35.3 Å². The van der Waals surface area contributed by atoms with Crippen LogP contribution in [0, 0.1) is 6.92 Å². The molecule has 2 aliphatic heterocycles. The van der Waals surface area contributed by atoms with Gasteiger partial charge in [-0.2, -0.15) is 5.10 Å². The van der Waals surface area contributed by atoms with Gasteiger partial charge < -0.3 is 19.7 Å². The van der Waals surface area contributed by atoms with E-state index < -0.39 is 0 Å². The third kappa shape index (κ3) is 6.43. The molecule has 178 valence electrons. The molecule has 2 unspecified atom stereocenters. The summed E-state index contributed by atoms with van der Waals surface area (Å²) in [6.07, 6.45) is 3.94. The van der Waals surface area contributed by atoms with Crippen LogP contribution in [0.1, 0.15) is 34.4 Å². The summed E-state index contributed by atoms with van der Waals surface area (Å²) in [6, 6.07) is 4.75. The molecular weight excluding hydrogens is 539 g/mol. The minimum absolute atomic E-state index is 0. The van der Waals surface area contributed by atoms with Gasteiger partial charge >= 0.3 is 0 Å². The highest BCUT2D eigenvalue weighted by Crippen LogP contribution is 2.29. The van der Waals surface area contributed by atoms with Crippen molar-refractivity contribution in [2.45, 2.75) is 26.0 Å². The molecule has 0 spiro atoms. The van der Waals surface area contributed by atoms with E-state index in [2.05, 4.69) is 46.2 Å². The molecule has 0 amide bonds. The number of rotatable bonds is 6. The minimum Gasteiger partial charge on any atom is -0.379 e. The van der Waals surface area contributed by atoms with Gasteiger partial charge in [0.15, 0.2) is 5.96 Å². The predicted octanol–water partition coefficient (Wildman–Crippen LogP) is 2.82. The first-order valence-electron chi connectivity index (χ1n) is 11.2. The molecule has 0 bridgehead atoms. The predicted molar refractivity (Wildman–Crippen MR) is 139 cm³/mol. The number of aromatic nitrogens is 2. The summed E-state index contributed by atoms with van der Waals surface area (Å²) in [5, 5.41) is 7.81. The lowest BCUT2D eigenvalue weighted by Crippen LogP contribution is -2.48. The molecule has 1 N–H and O–H groups in total. The Morgan fingerprint density at radius 3 is 2.75 bits per heavy atom. The van der Waals surface area contributed by atoms with E-state index >= 15 is 0 Å². The maximum Gasteiger partial charge on any atom is 0.194 e. The Bertz CT molecular complexity index is 866. The molecule has 2 atom stereocenters. The molecule has 4 heterocycles. The van der Waals surface area contributed by atoms with Gasteiger partial charge in [0.2, 0.25) is 0 Å². The molecule has 4 rings (SSSR count). The summed E-state index contributed by atoms with van der Waals surface area (Å²) in [5.41, 5.74) is 1.11. The van der Waals surface area contributed by atoms with E-state index in [1.807, 2.05) is 35.5 Å². The number of aliphatic imine (C=N–C) groups is 1. The molecular formula is C22H35IN6O2S. The smallest absolute Gasteiger partial charge is 0.194 e. The second kappa shape index (κ2) is 12.3. The highest BCUT2D eigenvalue weighted by molar-refractivity contribution is 14.0. The van der Waals surface area contributed by atoms with Gasteiger partial charge in [-0.3, -0.25) is 14.6 Å². The molecule has 0 aromatic carbocycles. The summed E-state index contributed by atoms with van der Waals surface area (Å²) < 4.78 is 13.4. The van der Waals surface area contributed by atoms with Gasteiger partial charge in [-0.1, -0.05) is 0 Å². The molecule has 0 aliphatic carbocycles. The van der Waals surface area contributed by atoms with Gasteiger partial charge in [-0.25, -0.2) is 0 Å². The van der Waals surface area contributed by atoms with Crippen LogP contribution in [0.5, 0.6) is 0 Å². The summed E-state index contributed by atoms with van der Waals surface area (Å²) in [6.45, 7) is 11.7. The average Bonchev–Trinajstić information content (AvgIpc) is 3.42. The molecule has 2 fully saturated rings. The third-order valence-electron chi connectivity index (χ3n) is 5.79. The van der Waals surface area contributed by atoms with Crippen molar-refractivity contribution in [3.05, 3.63) is 39.8 Å². The van der Waals surface area contributed by atoms with Crippen molar-refractivity contribution >= 4 is 41.3 Å². The number of hydrogen-bond acceptors (Lipinski definition) is 6. The number of morpholine rings is 2. The van der Waals surface area contributed by atoms with Crippen LogP contribution in [0.3, 0.4) is 0 Å². The fourth-order valence-electron chi connectivity index (χ4n) is 4.16. The molecule has 2 saturated heterocycles. The van der Waals surface area contributed by atoms with Crippen molar-refractivity contribution in [1.29, 1.82) is 0 Å². The van der Waals surface area contributed by atoms with Crippen LogP contribution >= 0.6 is 35.3 Å². The molecule has 8 nitrogen and oxygen atoms in total. The lowest BCUT2D eigenvalue weighted by Gasteiger charge is -2.36. The first kappa shape index (κ1) is 25.4. The molecule has 2 aromatic heterocycles. The maximum atomic E-state index is 6.03. The summed E-state index contributed by atoms with van der Waals surface area (Å²) >= 11 is 1.88. The van der Waals surface area contributed by atoms with Crippen LogP contribution in [0.15, 0.2) is 29.5 Å². The lowest BCUT2D eigenvalue weighted by molar-refractivity contribution is -0.00822. The zero-order valence-electron chi connectivity index (χ0n) is 19.2. The van der Waals surface area contributed by atoms with E-state index in [-0.39, 0.29) is 36.1 Å². The van der Waals surface area contributed by atoms with Gasteiger partial charge in [-0.05, 0) is 26.0 Å². The standard InChI is InChI=1S/C22H34N6O2S.HI/c1-4-23-22(28-9-12-30-20(16-28)18-13-25-26(3)15-18)24-14-19(21-6-5-17(2)31-21)27-7-10-29-11-8-27;/h5-6,13,15,19-20H,4,7-12,14,16H2,1-3H3,(H,23,24);1H. The van der Waals surface area contributed by atoms with Gasteiger partial charge in [0.1, 0.15) is 6.10 Å². The largest absolute Gasteiger partial charge is 0.379 e. The minimum atomic E-state index is 0. The Morgan fingerprint density at radius 2 is 2.09 bits per heavy atom. The third-order valence-corrected chi connectivity index (χ3v) is 6.89. The summed E-state index contributed by atoms with van der Waals surface area (Å²) in [4.78, 5) is 12.7. The van der Waals surface area contributed by atoms with Crippen LogP contribution in [-0.4, -0.2) is 84.6 Å². The number of aryl methyl sites for hydroxylation is 2. The highest BCUT2D eigenvalue weighted by atomic mass is 127. The Labute approximate surface area is 212 Å². The first-order valence-corrected chi connectivity index (χ1v) is 12.0. The van der Waals surface area contributed by atoms with Crippen molar-refractivity contribution in [2.75, 3.05) is 59.1 Å². The van der Waals surface area contributed by atoms with Gasteiger partial charge in [0.05, 0.1) is 45.1 Å². The van der Waals surface area contributed by atoms with E-state index in [0.717, 1.165) is 64.0 Å².